The average molecular weight is 512 g/mol. The minimum atomic E-state index is 0. The summed E-state index contributed by atoms with van der Waals surface area (Å²) in [4.78, 5) is 0. The van der Waals surface area contributed by atoms with E-state index in [1.165, 1.54) is 75.3 Å². The minimum Gasteiger partial charge on any atom is -0.748 e. The van der Waals surface area contributed by atoms with Crippen LogP contribution in [0.5, 0.6) is 0 Å². The van der Waals surface area contributed by atoms with Gasteiger partial charge in [0.2, 0.25) is 0 Å². The molecule has 0 bridgehead atoms. The van der Waals surface area contributed by atoms with E-state index in [1.807, 2.05) is 0 Å². The molecular formula is C22H32Br2Fe-6. The number of aryl methyl sites for hydroxylation is 2. The van der Waals surface area contributed by atoms with Gasteiger partial charge in [-0.2, -0.15) is 17.7 Å². The van der Waals surface area contributed by atoms with Gasteiger partial charge in [-0.1, -0.05) is 76.8 Å². The summed E-state index contributed by atoms with van der Waals surface area (Å²) in [6, 6.07) is 17.3. The van der Waals surface area contributed by atoms with Gasteiger partial charge < -0.3 is 29.8 Å². The molecule has 0 N–H and O–H groups in total. The van der Waals surface area contributed by atoms with Crippen LogP contribution < -0.4 is 0 Å². The van der Waals surface area contributed by atoms with Gasteiger partial charge in [0.15, 0.2) is 0 Å². The van der Waals surface area contributed by atoms with Gasteiger partial charge in [0.25, 0.3) is 0 Å². The van der Waals surface area contributed by atoms with Crippen molar-refractivity contribution < 1.29 is 17.1 Å². The Bertz CT molecular complexity index is 404. The van der Waals surface area contributed by atoms with Gasteiger partial charge in [0.05, 0.1) is 0 Å². The van der Waals surface area contributed by atoms with E-state index < -0.39 is 0 Å². The van der Waals surface area contributed by atoms with Gasteiger partial charge in [-0.15, -0.1) is 0 Å². The topological polar surface area (TPSA) is 0 Å². The third kappa shape index (κ3) is 15.0. The molecule has 0 saturated carbocycles. The number of rotatable bonds is 12. The maximum atomic E-state index is 3.44. The second kappa shape index (κ2) is 19.0. The van der Waals surface area contributed by atoms with Gasteiger partial charge in [-0.25, -0.2) is 18.6 Å². The predicted molar refractivity (Wildman–Crippen MR) is 116 cm³/mol. The number of hydrogen-bond acceptors (Lipinski definition) is 0. The number of alkyl halides is 2. The Kier molecular flexibility index (Phi) is 19.1. The molecule has 0 spiro atoms. The molecule has 0 unspecified atom stereocenters. The van der Waals surface area contributed by atoms with Crippen molar-refractivity contribution >= 4 is 31.9 Å². The summed E-state index contributed by atoms with van der Waals surface area (Å²) in [5.41, 5.74) is 2.99. The first-order valence-corrected chi connectivity index (χ1v) is 11.6. The third-order valence-corrected chi connectivity index (χ3v) is 5.28. The Balaban J connectivity index is 0.000000443. The van der Waals surface area contributed by atoms with E-state index >= 15 is 0 Å². The van der Waals surface area contributed by atoms with Crippen LogP contribution in [0.4, 0.5) is 0 Å². The molecule has 2 aromatic carbocycles. The standard InChI is InChI=1S/2C11H16Br.Fe/c2*12-10-6-2-1-3-7-11-8-4-5-9-11;/h2*4-5,8-9H,1-3,6-7,10H2;/q-5;-1;. The van der Waals surface area contributed by atoms with Crippen LogP contribution in [0.3, 0.4) is 0 Å². The van der Waals surface area contributed by atoms with Gasteiger partial charge in [0.1, 0.15) is 0 Å². The maximum absolute atomic E-state index is 3.44. The van der Waals surface area contributed by atoms with Crippen molar-refractivity contribution in [3.05, 3.63) is 59.7 Å². The smallest absolute Gasteiger partial charge is 0.00313 e. The second-order valence-corrected chi connectivity index (χ2v) is 7.88. The van der Waals surface area contributed by atoms with E-state index in [-0.39, 0.29) is 17.1 Å². The molecule has 0 fully saturated rings. The molecule has 0 aliphatic carbocycles. The molecule has 0 heterocycles. The van der Waals surface area contributed by atoms with E-state index in [1.54, 1.807) is 0 Å². The molecule has 2 rings (SSSR count). The van der Waals surface area contributed by atoms with Crippen LogP contribution in [0.25, 0.3) is 0 Å². The number of unbranched alkanes of at least 4 members (excludes halogenated alkanes) is 6. The van der Waals surface area contributed by atoms with Crippen LogP contribution in [0.1, 0.15) is 62.5 Å². The van der Waals surface area contributed by atoms with E-state index in [0.29, 0.717) is 0 Å². The molecule has 0 saturated heterocycles. The Morgan fingerprint density at radius 1 is 0.640 bits per heavy atom. The maximum Gasteiger partial charge on any atom is 0.00313 e. The third-order valence-electron chi connectivity index (χ3n) is 4.16. The second-order valence-electron chi connectivity index (χ2n) is 6.29. The van der Waals surface area contributed by atoms with Crippen molar-refractivity contribution in [2.24, 2.45) is 0 Å². The summed E-state index contributed by atoms with van der Waals surface area (Å²) < 4.78 is 0. The molecule has 148 valence electrons. The molecule has 0 nitrogen and oxygen atoms in total. The van der Waals surface area contributed by atoms with Crippen LogP contribution in [0.15, 0.2) is 48.5 Å². The summed E-state index contributed by atoms with van der Waals surface area (Å²) in [6.07, 6.45) is 13.3. The summed E-state index contributed by atoms with van der Waals surface area (Å²) in [5, 5.41) is 2.31. The van der Waals surface area contributed by atoms with E-state index in [4.69, 9.17) is 0 Å². The van der Waals surface area contributed by atoms with Crippen molar-refractivity contribution in [1.82, 2.24) is 0 Å². The average Bonchev–Trinajstić information content (AvgIpc) is 3.29. The first-order chi connectivity index (χ1) is 11.9. The zero-order valence-corrected chi connectivity index (χ0v) is 19.5. The summed E-state index contributed by atoms with van der Waals surface area (Å²) in [7, 11) is 0. The van der Waals surface area contributed by atoms with Crippen LogP contribution in [-0.4, -0.2) is 10.7 Å². The first-order valence-electron chi connectivity index (χ1n) is 9.40. The molecule has 25 heavy (non-hydrogen) atoms. The Labute approximate surface area is 182 Å². The predicted octanol–water partition coefficient (Wildman–Crippen LogP) is 7.80. The minimum absolute atomic E-state index is 0. The van der Waals surface area contributed by atoms with E-state index in [0.717, 1.165) is 10.7 Å². The summed E-state index contributed by atoms with van der Waals surface area (Å²) in [6.45, 7) is 0. The summed E-state index contributed by atoms with van der Waals surface area (Å²) >= 11 is 6.88. The van der Waals surface area contributed by atoms with Crippen molar-refractivity contribution in [2.75, 3.05) is 10.7 Å². The van der Waals surface area contributed by atoms with Crippen molar-refractivity contribution in [3.8, 4) is 0 Å². The molecule has 0 aromatic heterocycles. The SMILES string of the molecule is BrCCCCCC[c-]1[cH-][cH-][cH-][cH-]1.BrCCCCCC[c-]1cccc1.[Fe]. The van der Waals surface area contributed by atoms with Crippen molar-refractivity contribution in [1.29, 1.82) is 0 Å². The van der Waals surface area contributed by atoms with Gasteiger partial charge >= 0.3 is 0 Å². The molecule has 0 aliphatic rings. The van der Waals surface area contributed by atoms with Crippen molar-refractivity contribution in [2.45, 2.75) is 64.2 Å². The largest absolute Gasteiger partial charge is 0.748 e. The molecule has 2 aromatic rings. The van der Waals surface area contributed by atoms with Crippen LogP contribution in [0, 0.1) is 0 Å². The number of hydrogen-bond donors (Lipinski definition) is 0. The molecule has 3 heteroatoms. The normalized spacial score (nSPS) is 10.0. The number of halogens is 2. The Hall–Kier alpha value is 0.179. The van der Waals surface area contributed by atoms with Gasteiger partial charge in [-0.3, -0.25) is 0 Å². The summed E-state index contributed by atoms with van der Waals surface area (Å²) in [5.74, 6) is 0. The fraction of sp³-hybridized carbons (Fsp3) is 0.545. The zero-order valence-electron chi connectivity index (χ0n) is 15.2. The van der Waals surface area contributed by atoms with Crippen LogP contribution in [0.2, 0.25) is 0 Å². The quantitative estimate of drug-likeness (QED) is 0.118. The van der Waals surface area contributed by atoms with E-state index in [9.17, 15) is 0 Å². The first kappa shape index (κ1) is 25.2. The Morgan fingerprint density at radius 3 is 1.64 bits per heavy atom. The molecule has 0 aliphatic heterocycles. The Morgan fingerprint density at radius 2 is 1.12 bits per heavy atom. The van der Waals surface area contributed by atoms with E-state index in [2.05, 4.69) is 80.4 Å². The molecule has 0 radical (unpaired) electrons. The molecule has 0 amide bonds. The molecular weight excluding hydrogens is 480 g/mol. The monoisotopic (exact) mass is 510 g/mol. The van der Waals surface area contributed by atoms with Crippen molar-refractivity contribution in [3.63, 3.8) is 0 Å². The van der Waals surface area contributed by atoms with Gasteiger partial charge in [-0.05, 0) is 12.8 Å². The molecule has 0 atom stereocenters. The fourth-order valence-corrected chi connectivity index (χ4v) is 3.51. The zero-order chi connectivity index (χ0) is 17.3. The van der Waals surface area contributed by atoms with Crippen LogP contribution >= 0.6 is 31.9 Å². The fourth-order valence-electron chi connectivity index (χ4n) is 2.72. The van der Waals surface area contributed by atoms with Gasteiger partial charge in [0, 0.05) is 27.7 Å². The van der Waals surface area contributed by atoms with Crippen LogP contribution in [-0.2, 0) is 29.9 Å².